The van der Waals surface area contributed by atoms with Crippen LogP contribution in [0.5, 0.6) is 0 Å². The third kappa shape index (κ3) is 6.55. The number of aliphatic imine (C=N–C) groups is 1. The first-order chi connectivity index (χ1) is 10.2. The lowest BCUT2D eigenvalue weighted by molar-refractivity contribution is -0.150. The molecule has 0 amide bonds. The van der Waals surface area contributed by atoms with E-state index in [-0.39, 0.29) is 0 Å². The maximum atomic E-state index is 10.4. The van der Waals surface area contributed by atoms with Gasteiger partial charge in [0.1, 0.15) is 18.4 Å². The highest BCUT2D eigenvalue weighted by atomic mass is 16.5. The van der Waals surface area contributed by atoms with E-state index in [0.29, 0.717) is 12.3 Å². The summed E-state index contributed by atoms with van der Waals surface area (Å²) in [6.07, 6.45) is 3.60. The van der Waals surface area contributed by atoms with Gasteiger partial charge in [0.25, 0.3) is 0 Å². The molecule has 0 aromatic rings. The van der Waals surface area contributed by atoms with E-state index in [1.165, 1.54) is 25.3 Å². The molecule has 0 heterocycles. The number of rotatable bonds is 7. The zero-order chi connectivity index (χ0) is 16.8. The molecule has 0 aliphatic heterocycles. The standard InChI is InChI=1S/C16H30N2O4/c1-16(2,3)22-12(9-11-7-5-4-6-8-11)13(20)14(21)15(17)18-10-19/h11-15,20-21H,4-9,17H2,1-3H3/t12-,13-,14+,15?/m0/s1. The van der Waals surface area contributed by atoms with Gasteiger partial charge in [-0.2, -0.15) is 4.99 Å². The molecule has 6 nitrogen and oxygen atoms in total. The van der Waals surface area contributed by atoms with Crippen LogP contribution < -0.4 is 5.73 Å². The second-order valence-electron chi connectivity index (χ2n) is 7.20. The second kappa shape index (κ2) is 8.75. The third-order valence-electron chi connectivity index (χ3n) is 4.08. The van der Waals surface area contributed by atoms with E-state index in [1.54, 1.807) is 0 Å². The molecule has 128 valence electrons. The van der Waals surface area contributed by atoms with Crippen LogP contribution >= 0.6 is 0 Å². The molecule has 0 saturated heterocycles. The average Bonchev–Trinajstić information content (AvgIpc) is 2.45. The molecule has 1 saturated carbocycles. The van der Waals surface area contributed by atoms with Crippen molar-refractivity contribution >= 4 is 6.08 Å². The number of aliphatic hydroxyl groups is 2. The fraction of sp³-hybridized carbons (Fsp3) is 0.938. The highest BCUT2D eigenvalue weighted by Crippen LogP contribution is 2.31. The summed E-state index contributed by atoms with van der Waals surface area (Å²) in [7, 11) is 0. The van der Waals surface area contributed by atoms with Crippen LogP contribution in [0.3, 0.4) is 0 Å². The number of isocyanates is 1. The minimum Gasteiger partial charge on any atom is -0.388 e. The highest BCUT2D eigenvalue weighted by Gasteiger charge is 2.35. The van der Waals surface area contributed by atoms with E-state index in [9.17, 15) is 15.0 Å². The predicted molar refractivity (Wildman–Crippen MR) is 83.9 cm³/mol. The molecule has 1 unspecified atom stereocenters. The monoisotopic (exact) mass is 314 g/mol. The van der Waals surface area contributed by atoms with Gasteiger partial charge in [0.15, 0.2) is 0 Å². The molecule has 6 heteroatoms. The van der Waals surface area contributed by atoms with E-state index >= 15 is 0 Å². The summed E-state index contributed by atoms with van der Waals surface area (Å²) < 4.78 is 5.95. The number of ether oxygens (including phenoxy) is 1. The first-order valence-corrected chi connectivity index (χ1v) is 8.11. The van der Waals surface area contributed by atoms with Gasteiger partial charge >= 0.3 is 0 Å². The normalized spacial score (nSPS) is 22.5. The van der Waals surface area contributed by atoms with Crippen molar-refractivity contribution < 1.29 is 19.7 Å². The van der Waals surface area contributed by atoms with Gasteiger partial charge in [-0.3, -0.25) is 0 Å². The minimum absolute atomic E-state index is 0.446. The Morgan fingerprint density at radius 2 is 1.82 bits per heavy atom. The Kier molecular flexibility index (Phi) is 7.66. The van der Waals surface area contributed by atoms with Crippen LogP contribution in [0.25, 0.3) is 0 Å². The lowest BCUT2D eigenvalue weighted by atomic mass is 9.83. The molecule has 0 aromatic heterocycles. The van der Waals surface area contributed by atoms with Gasteiger partial charge in [0.2, 0.25) is 6.08 Å². The van der Waals surface area contributed by atoms with Crippen molar-refractivity contribution in [2.24, 2.45) is 16.6 Å². The average molecular weight is 314 g/mol. The van der Waals surface area contributed by atoms with Gasteiger partial charge in [-0.25, -0.2) is 4.79 Å². The molecule has 1 rings (SSSR count). The lowest BCUT2D eigenvalue weighted by Gasteiger charge is -2.36. The summed E-state index contributed by atoms with van der Waals surface area (Å²) in [5.74, 6) is 0.480. The number of nitrogens with zero attached hydrogens (tertiary/aromatic N) is 1. The Balaban J connectivity index is 2.76. The van der Waals surface area contributed by atoms with Gasteiger partial charge in [-0.15, -0.1) is 0 Å². The number of aliphatic hydroxyl groups excluding tert-OH is 2. The van der Waals surface area contributed by atoms with Crippen LogP contribution in [0.1, 0.15) is 59.3 Å². The summed E-state index contributed by atoms with van der Waals surface area (Å²) in [4.78, 5) is 13.5. The van der Waals surface area contributed by atoms with E-state index in [4.69, 9.17) is 10.5 Å². The zero-order valence-corrected chi connectivity index (χ0v) is 13.9. The van der Waals surface area contributed by atoms with Gasteiger partial charge < -0.3 is 20.7 Å². The van der Waals surface area contributed by atoms with E-state index < -0.39 is 30.1 Å². The summed E-state index contributed by atoms with van der Waals surface area (Å²) in [5, 5.41) is 20.5. The summed E-state index contributed by atoms with van der Waals surface area (Å²) in [6, 6.07) is 0. The summed E-state index contributed by atoms with van der Waals surface area (Å²) >= 11 is 0. The maximum absolute atomic E-state index is 10.4. The molecule has 1 aliphatic carbocycles. The summed E-state index contributed by atoms with van der Waals surface area (Å²) in [5.41, 5.74) is 5.12. The van der Waals surface area contributed by atoms with E-state index in [1.807, 2.05) is 20.8 Å². The van der Waals surface area contributed by atoms with Crippen molar-refractivity contribution in [3.8, 4) is 0 Å². The molecule has 1 fully saturated rings. The molecule has 1 aliphatic rings. The Labute approximate surface area is 132 Å². The molecule has 4 atom stereocenters. The van der Waals surface area contributed by atoms with Crippen molar-refractivity contribution in [2.75, 3.05) is 0 Å². The predicted octanol–water partition coefficient (Wildman–Crippen LogP) is 1.48. The molecular weight excluding hydrogens is 284 g/mol. The van der Waals surface area contributed by atoms with Gasteiger partial charge in [0.05, 0.1) is 11.7 Å². The minimum atomic E-state index is -1.35. The lowest BCUT2D eigenvalue weighted by Crippen LogP contribution is -2.50. The number of nitrogens with two attached hydrogens (primary N) is 1. The van der Waals surface area contributed by atoms with Crippen LogP contribution in [0.2, 0.25) is 0 Å². The smallest absolute Gasteiger partial charge is 0.236 e. The molecular formula is C16H30N2O4. The first kappa shape index (κ1) is 19.3. The topological polar surface area (TPSA) is 105 Å². The molecule has 0 aromatic carbocycles. The maximum Gasteiger partial charge on any atom is 0.236 e. The van der Waals surface area contributed by atoms with Crippen LogP contribution in [0, 0.1) is 5.92 Å². The first-order valence-electron chi connectivity index (χ1n) is 8.11. The third-order valence-corrected chi connectivity index (χ3v) is 4.08. The number of hydrogen-bond donors (Lipinski definition) is 3. The zero-order valence-electron chi connectivity index (χ0n) is 13.9. The van der Waals surface area contributed by atoms with Crippen molar-refractivity contribution in [3.05, 3.63) is 0 Å². The fourth-order valence-corrected chi connectivity index (χ4v) is 3.02. The van der Waals surface area contributed by atoms with E-state index in [0.717, 1.165) is 12.8 Å². The van der Waals surface area contributed by atoms with Crippen LogP contribution in [0.15, 0.2) is 4.99 Å². The Morgan fingerprint density at radius 1 is 1.23 bits per heavy atom. The Hall–Kier alpha value is -0.780. The Bertz CT molecular complexity index is 371. The molecule has 0 spiro atoms. The Morgan fingerprint density at radius 3 is 2.32 bits per heavy atom. The van der Waals surface area contributed by atoms with Gasteiger partial charge in [0, 0.05) is 0 Å². The second-order valence-corrected chi connectivity index (χ2v) is 7.20. The molecule has 22 heavy (non-hydrogen) atoms. The SMILES string of the molecule is CC(C)(C)O[C@@H](CC1CCCCC1)[C@H](O)[C@@H](O)C(N)N=C=O. The quantitative estimate of drug-likeness (QED) is 0.487. The van der Waals surface area contributed by atoms with Crippen molar-refractivity contribution in [2.45, 2.75) is 89.4 Å². The van der Waals surface area contributed by atoms with Gasteiger partial charge in [-0.1, -0.05) is 32.1 Å². The molecule has 4 N–H and O–H groups in total. The highest BCUT2D eigenvalue weighted by molar-refractivity contribution is 5.33. The number of carbonyl (C=O) groups excluding carboxylic acids is 1. The molecule has 0 radical (unpaired) electrons. The van der Waals surface area contributed by atoms with Crippen molar-refractivity contribution in [1.29, 1.82) is 0 Å². The molecule has 0 bridgehead atoms. The van der Waals surface area contributed by atoms with E-state index in [2.05, 4.69) is 4.99 Å². The van der Waals surface area contributed by atoms with Crippen LogP contribution in [0.4, 0.5) is 0 Å². The summed E-state index contributed by atoms with van der Waals surface area (Å²) in [6.45, 7) is 5.72. The fourth-order valence-electron chi connectivity index (χ4n) is 3.02. The van der Waals surface area contributed by atoms with Gasteiger partial charge in [-0.05, 0) is 33.1 Å². The largest absolute Gasteiger partial charge is 0.388 e. The van der Waals surface area contributed by atoms with Crippen LogP contribution in [-0.4, -0.2) is 46.4 Å². The number of hydrogen-bond acceptors (Lipinski definition) is 6. The van der Waals surface area contributed by atoms with Crippen molar-refractivity contribution in [1.82, 2.24) is 0 Å². The van der Waals surface area contributed by atoms with Crippen LogP contribution in [-0.2, 0) is 9.53 Å². The van der Waals surface area contributed by atoms with Crippen molar-refractivity contribution in [3.63, 3.8) is 0 Å².